The van der Waals surface area contributed by atoms with Crippen LogP contribution in [0.2, 0.25) is 0 Å². The maximum Gasteiger partial charge on any atom is 0.307 e. The topological polar surface area (TPSA) is 102 Å². The Kier molecular flexibility index (Phi) is 9.40. The summed E-state index contributed by atoms with van der Waals surface area (Å²) in [4.78, 5) is 25.7. The summed E-state index contributed by atoms with van der Waals surface area (Å²) in [5.74, 6) is -0.352. The molecular formula is C19H30N2O6S. The summed E-state index contributed by atoms with van der Waals surface area (Å²) in [5, 5.41) is 0. The lowest BCUT2D eigenvalue weighted by Gasteiger charge is -2.30. The van der Waals surface area contributed by atoms with Gasteiger partial charge in [0.05, 0.1) is 17.9 Å². The average molecular weight is 415 g/mol. The van der Waals surface area contributed by atoms with Crippen LogP contribution in [0, 0.1) is 0 Å². The Balaban J connectivity index is 2.47. The van der Waals surface area contributed by atoms with Crippen LogP contribution in [0.5, 0.6) is 5.75 Å². The van der Waals surface area contributed by atoms with Gasteiger partial charge in [0.25, 0.3) is 5.91 Å². The van der Waals surface area contributed by atoms with Crippen LogP contribution in [0.15, 0.2) is 29.2 Å². The Morgan fingerprint density at radius 3 is 2.14 bits per heavy atom. The van der Waals surface area contributed by atoms with Crippen molar-refractivity contribution in [2.75, 3.05) is 19.8 Å². The Labute approximate surface area is 167 Å². The van der Waals surface area contributed by atoms with E-state index in [4.69, 9.17) is 9.47 Å². The maximum absolute atomic E-state index is 12.2. The second-order valence-electron chi connectivity index (χ2n) is 6.70. The van der Waals surface area contributed by atoms with Crippen molar-refractivity contribution in [3.05, 3.63) is 24.3 Å². The van der Waals surface area contributed by atoms with E-state index in [-0.39, 0.29) is 42.5 Å². The number of carbonyl (C=O) groups excluding carboxylic acids is 2. The van der Waals surface area contributed by atoms with Crippen LogP contribution in [0.1, 0.15) is 41.0 Å². The molecule has 0 aliphatic rings. The van der Waals surface area contributed by atoms with Crippen molar-refractivity contribution in [3.63, 3.8) is 0 Å². The van der Waals surface area contributed by atoms with Gasteiger partial charge in [0.15, 0.2) is 6.61 Å². The number of carbonyl (C=O) groups is 2. The van der Waals surface area contributed by atoms with E-state index in [9.17, 15) is 18.0 Å². The fraction of sp³-hybridized carbons (Fsp3) is 0.579. The van der Waals surface area contributed by atoms with E-state index in [1.165, 1.54) is 12.1 Å². The van der Waals surface area contributed by atoms with E-state index in [1.807, 2.05) is 34.6 Å². The molecule has 1 aromatic rings. The summed E-state index contributed by atoms with van der Waals surface area (Å²) in [6.07, 6.45) is -0.174. The number of hydrogen-bond donors (Lipinski definition) is 1. The highest BCUT2D eigenvalue weighted by molar-refractivity contribution is 7.89. The monoisotopic (exact) mass is 414 g/mol. The lowest BCUT2D eigenvalue weighted by atomic mass is 10.2. The van der Waals surface area contributed by atoms with Gasteiger partial charge < -0.3 is 14.4 Å². The SMILES string of the molecule is CCOc1ccc(S(=O)(=O)NCCC(=O)OCC(=O)N(C(C)C)C(C)C)cc1. The summed E-state index contributed by atoms with van der Waals surface area (Å²) in [7, 11) is -3.74. The Bertz CT molecular complexity index is 736. The molecule has 0 saturated heterocycles. The van der Waals surface area contributed by atoms with Crippen LogP contribution >= 0.6 is 0 Å². The van der Waals surface area contributed by atoms with Gasteiger partial charge in [-0.3, -0.25) is 9.59 Å². The second-order valence-corrected chi connectivity index (χ2v) is 8.47. The first kappa shape index (κ1) is 23.9. The number of hydrogen-bond acceptors (Lipinski definition) is 6. The van der Waals surface area contributed by atoms with Crippen LogP contribution in [0.4, 0.5) is 0 Å². The minimum Gasteiger partial charge on any atom is -0.494 e. The highest BCUT2D eigenvalue weighted by Gasteiger charge is 2.21. The highest BCUT2D eigenvalue weighted by Crippen LogP contribution is 2.15. The normalized spacial score (nSPS) is 11.5. The maximum atomic E-state index is 12.2. The Morgan fingerprint density at radius 2 is 1.64 bits per heavy atom. The fourth-order valence-electron chi connectivity index (χ4n) is 2.71. The molecule has 0 spiro atoms. The van der Waals surface area contributed by atoms with Crippen molar-refractivity contribution in [3.8, 4) is 5.75 Å². The van der Waals surface area contributed by atoms with E-state index in [0.29, 0.717) is 12.4 Å². The molecule has 9 heteroatoms. The van der Waals surface area contributed by atoms with Crippen LogP contribution < -0.4 is 9.46 Å². The summed E-state index contributed by atoms with van der Waals surface area (Å²) in [6, 6.07) is 5.97. The molecule has 0 aromatic heterocycles. The van der Waals surface area contributed by atoms with Crippen LogP contribution in [0.25, 0.3) is 0 Å². The van der Waals surface area contributed by atoms with E-state index in [2.05, 4.69) is 4.72 Å². The molecule has 0 bridgehead atoms. The van der Waals surface area contributed by atoms with Gasteiger partial charge in [-0.05, 0) is 58.9 Å². The number of nitrogens with zero attached hydrogens (tertiary/aromatic N) is 1. The first-order valence-electron chi connectivity index (χ1n) is 9.27. The molecule has 0 radical (unpaired) electrons. The van der Waals surface area contributed by atoms with Crippen molar-refractivity contribution in [1.29, 1.82) is 0 Å². The number of ether oxygens (including phenoxy) is 2. The highest BCUT2D eigenvalue weighted by atomic mass is 32.2. The van der Waals surface area contributed by atoms with Crippen LogP contribution in [-0.2, 0) is 24.3 Å². The van der Waals surface area contributed by atoms with Gasteiger partial charge in [0.1, 0.15) is 5.75 Å². The van der Waals surface area contributed by atoms with Gasteiger partial charge >= 0.3 is 5.97 Å². The van der Waals surface area contributed by atoms with E-state index in [1.54, 1.807) is 17.0 Å². The minimum absolute atomic E-state index is 0.00729. The summed E-state index contributed by atoms with van der Waals surface area (Å²) < 4.78 is 37.0. The number of amides is 1. The van der Waals surface area contributed by atoms with E-state index in [0.717, 1.165) is 0 Å². The lowest BCUT2D eigenvalue weighted by Crippen LogP contribution is -2.44. The van der Waals surface area contributed by atoms with Crippen molar-refractivity contribution in [2.24, 2.45) is 0 Å². The second kappa shape index (κ2) is 11.0. The molecule has 0 fully saturated rings. The third kappa shape index (κ3) is 7.47. The molecule has 1 rings (SSSR count). The van der Waals surface area contributed by atoms with Crippen molar-refractivity contribution < 1.29 is 27.5 Å². The van der Waals surface area contributed by atoms with Gasteiger partial charge in [-0.2, -0.15) is 0 Å². The number of nitrogens with one attached hydrogen (secondary N) is 1. The van der Waals surface area contributed by atoms with E-state index < -0.39 is 16.0 Å². The zero-order valence-electron chi connectivity index (χ0n) is 17.1. The summed E-state index contributed by atoms with van der Waals surface area (Å²) in [6.45, 7) is 9.38. The molecule has 0 atom stereocenters. The molecule has 1 N–H and O–H groups in total. The molecule has 0 saturated carbocycles. The molecule has 0 aliphatic heterocycles. The average Bonchev–Trinajstić information content (AvgIpc) is 2.60. The Morgan fingerprint density at radius 1 is 1.07 bits per heavy atom. The van der Waals surface area contributed by atoms with Gasteiger partial charge in [0.2, 0.25) is 10.0 Å². The summed E-state index contributed by atoms with van der Waals surface area (Å²) >= 11 is 0. The number of sulfonamides is 1. The predicted octanol–water partition coefficient (Wildman–Crippen LogP) is 1.94. The molecule has 1 amide bonds. The first-order valence-corrected chi connectivity index (χ1v) is 10.8. The minimum atomic E-state index is -3.74. The van der Waals surface area contributed by atoms with Gasteiger partial charge in [0, 0.05) is 18.6 Å². The lowest BCUT2D eigenvalue weighted by molar-refractivity contribution is -0.153. The number of benzene rings is 1. The Hall–Kier alpha value is -2.13. The van der Waals surface area contributed by atoms with Gasteiger partial charge in [-0.1, -0.05) is 0 Å². The third-order valence-electron chi connectivity index (χ3n) is 3.82. The molecule has 0 aliphatic carbocycles. The quantitative estimate of drug-likeness (QED) is 0.555. The van der Waals surface area contributed by atoms with Gasteiger partial charge in [-0.25, -0.2) is 13.1 Å². The number of rotatable bonds is 11. The molecule has 158 valence electrons. The molecule has 0 unspecified atom stereocenters. The standard InChI is InChI=1S/C19H30N2O6S/c1-6-26-16-7-9-17(10-8-16)28(24,25)20-12-11-19(23)27-13-18(22)21(14(2)3)15(4)5/h7-10,14-15,20H,6,11-13H2,1-5H3. The largest absolute Gasteiger partial charge is 0.494 e. The predicted molar refractivity (Wildman–Crippen MR) is 105 cm³/mol. The summed E-state index contributed by atoms with van der Waals surface area (Å²) in [5.41, 5.74) is 0. The first-order chi connectivity index (χ1) is 13.1. The number of esters is 1. The molecule has 1 aromatic carbocycles. The van der Waals surface area contributed by atoms with Crippen LogP contribution in [0.3, 0.4) is 0 Å². The fourth-order valence-corrected chi connectivity index (χ4v) is 3.75. The van der Waals surface area contributed by atoms with Crippen molar-refractivity contribution in [1.82, 2.24) is 9.62 Å². The zero-order chi connectivity index (χ0) is 21.3. The van der Waals surface area contributed by atoms with Gasteiger partial charge in [-0.15, -0.1) is 0 Å². The zero-order valence-corrected chi connectivity index (χ0v) is 17.9. The van der Waals surface area contributed by atoms with Crippen molar-refractivity contribution in [2.45, 2.75) is 58.0 Å². The molecule has 28 heavy (non-hydrogen) atoms. The van der Waals surface area contributed by atoms with Crippen molar-refractivity contribution >= 4 is 21.9 Å². The van der Waals surface area contributed by atoms with Crippen LogP contribution in [-0.4, -0.2) is 57.0 Å². The third-order valence-corrected chi connectivity index (χ3v) is 5.30. The molecular weight excluding hydrogens is 384 g/mol. The smallest absolute Gasteiger partial charge is 0.307 e. The molecule has 0 heterocycles. The molecule has 8 nitrogen and oxygen atoms in total. The van der Waals surface area contributed by atoms with E-state index >= 15 is 0 Å².